The summed E-state index contributed by atoms with van der Waals surface area (Å²) in [5, 5.41) is 4.81. The van der Waals surface area contributed by atoms with Crippen LogP contribution in [0.25, 0.3) is 10.9 Å². The van der Waals surface area contributed by atoms with Crippen LogP contribution in [0.15, 0.2) is 54.9 Å². The molecule has 0 aliphatic carbocycles. The second-order valence-corrected chi connectivity index (χ2v) is 4.26. The Bertz CT molecular complexity index is 683. The zero-order valence-electron chi connectivity index (χ0n) is 9.47. The van der Waals surface area contributed by atoms with E-state index in [1.165, 1.54) is 6.33 Å². The lowest BCUT2D eigenvalue weighted by molar-refractivity contribution is 1.22. The van der Waals surface area contributed by atoms with Crippen molar-refractivity contribution in [2.24, 2.45) is 0 Å². The van der Waals surface area contributed by atoms with Crippen molar-refractivity contribution in [1.29, 1.82) is 0 Å². The summed E-state index contributed by atoms with van der Waals surface area (Å²) in [7, 11) is 0. The van der Waals surface area contributed by atoms with Gasteiger partial charge in [0.05, 0.1) is 10.5 Å². The van der Waals surface area contributed by atoms with E-state index in [1.807, 2.05) is 48.5 Å². The van der Waals surface area contributed by atoms with Crippen LogP contribution in [0.5, 0.6) is 0 Å². The molecule has 0 bridgehead atoms. The number of hydrogen-bond donors (Lipinski definition) is 1. The van der Waals surface area contributed by atoms with Gasteiger partial charge in [-0.15, -0.1) is 0 Å². The van der Waals surface area contributed by atoms with Crippen molar-refractivity contribution >= 4 is 34.0 Å². The molecule has 0 spiro atoms. The van der Waals surface area contributed by atoms with Crippen LogP contribution in [0.1, 0.15) is 0 Å². The van der Waals surface area contributed by atoms with Gasteiger partial charge < -0.3 is 5.32 Å². The topological polar surface area (TPSA) is 37.8 Å². The number of anilines is 2. The highest BCUT2D eigenvalue weighted by atomic mass is 35.5. The molecule has 1 heterocycles. The molecule has 0 unspecified atom stereocenters. The minimum atomic E-state index is 0.631. The second-order valence-electron chi connectivity index (χ2n) is 3.85. The van der Waals surface area contributed by atoms with Crippen LogP contribution in [-0.2, 0) is 0 Å². The van der Waals surface area contributed by atoms with Gasteiger partial charge in [0.15, 0.2) is 0 Å². The van der Waals surface area contributed by atoms with Crippen LogP contribution >= 0.6 is 11.6 Å². The fourth-order valence-corrected chi connectivity index (χ4v) is 2.03. The lowest BCUT2D eigenvalue weighted by Gasteiger charge is -2.08. The van der Waals surface area contributed by atoms with Crippen molar-refractivity contribution in [3.05, 3.63) is 59.9 Å². The molecule has 3 aromatic rings. The molecule has 2 aromatic carbocycles. The van der Waals surface area contributed by atoms with E-state index < -0.39 is 0 Å². The number of fused-ring (bicyclic) bond motifs is 1. The summed E-state index contributed by atoms with van der Waals surface area (Å²) < 4.78 is 0. The number of hydrogen-bond acceptors (Lipinski definition) is 3. The Kier molecular flexibility index (Phi) is 2.82. The first-order valence-corrected chi connectivity index (χ1v) is 5.94. The average Bonchev–Trinajstić information content (AvgIpc) is 2.41. The SMILES string of the molecule is Clc1cccc2c(Nc3ccccc3)ncnc12. The summed E-state index contributed by atoms with van der Waals surface area (Å²) in [4.78, 5) is 8.46. The molecule has 18 heavy (non-hydrogen) atoms. The van der Waals surface area contributed by atoms with E-state index in [0.717, 1.165) is 22.4 Å². The number of rotatable bonds is 2. The van der Waals surface area contributed by atoms with Gasteiger partial charge in [0, 0.05) is 11.1 Å². The van der Waals surface area contributed by atoms with Crippen LogP contribution in [0.4, 0.5) is 11.5 Å². The Hall–Kier alpha value is -2.13. The third kappa shape index (κ3) is 2.00. The Morgan fingerprint density at radius 2 is 1.72 bits per heavy atom. The summed E-state index contributed by atoms with van der Waals surface area (Å²) >= 11 is 6.11. The molecular formula is C14H10ClN3. The quantitative estimate of drug-likeness (QED) is 0.751. The van der Waals surface area contributed by atoms with Gasteiger partial charge in [-0.1, -0.05) is 35.9 Å². The first-order chi connectivity index (χ1) is 8.84. The molecule has 0 saturated heterocycles. The van der Waals surface area contributed by atoms with Crippen LogP contribution in [0, 0.1) is 0 Å². The molecule has 0 amide bonds. The number of benzene rings is 2. The summed E-state index contributed by atoms with van der Waals surface area (Å²) in [6.45, 7) is 0. The van der Waals surface area contributed by atoms with E-state index in [-0.39, 0.29) is 0 Å². The molecule has 3 rings (SSSR count). The predicted molar refractivity (Wildman–Crippen MR) is 74.3 cm³/mol. The molecule has 4 heteroatoms. The highest BCUT2D eigenvalue weighted by Crippen LogP contribution is 2.27. The highest BCUT2D eigenvalue weighted by molar-refractivity contribution is 6.35. The minimum Gasteiger partial charge on any atom is -0.340 e. The van der Waals surface area contributed by atoms with Gasteiger partial charge in [0.25, 0.3) is 0 Å². The fraction of sp³-hybridized carbons (Fsp3) is 0. The van der Waals surface area contributed by atoms with Gasteiger partial charge >= 0.3 is 0 Å². The van der Waals surface area contributed by atoms with Gasteiger partial charge in [0.1, 0.15) is 12.1 Å². The van der Waals surface area contributed by atoms with Crippen molar-refractivity contribution in [2.75, 3.05) is 5.32 Å². The van der Waals surface area contributed by atoms with Gasteiger partial charge in [-0.2, -0.15) is 0 Å². The van der Waals surface area contributed by atoms with Crippen molar-refractivity contribution in [3.8, 4) is 0 Å². The molecule has 0 atom stereocenters. The Morgan fingerprint density at radius 3 is 2.56 bits per heavy atom. The first kappa shape index (κ1) is 11.0. The van der Waals surface area contributed by atoms with Gasteiger partial charge in [-0.25, -0.2) is 9.97 Å². The normalized spacial score (nSPS) is 10.5. The average molecular weight is 256 g/mol. The third-order valence-electron chi connectivity index (χ3n) is 2.65. The Morgan fingerprint density at radius 1 is 0.889 bits per heavy atom. The van der Waals surface area contributed by atoms with Crippen molar-refractivity contribution in [3.63, 3.8) is 0 Å². The standard InChI is InChI=1S/C14H10ClN3/c15-12-8-4-7-11-13(12)16-9-17-14(11)18-10-5-2-1-3-6-10/h1-9H,(H,16,17,18). The predicted octanol–water partition coefficient (Wildman–Crippen LogP) is 4.03. The fourth-order valence-electron chi connectivity index (χ4n) is 1.81. The molecule has 88 valence electrons. The number of para-hydroxylation sites is 2. The van der Waals surface area contributed by atoms with Crippen LogP contribution in [0.2, 0.25) is 5.02 Å². The molecule has 1 aromatic heterocycles. The summed E-state index contributed by atoms with van der Waals surface area (Å²) in [5.41, 5.74) is 1.74. The Balaban J connectivity index is 2.10. The van der Waals surface area contributed by atoms with E-state index in [0.29, 0.717) is 5.02 Å². The largest absolute Gasteiger partial charge is 0.340 e. The molecule has 0 aliphatic rings. The number of halogens is 1. The third-order valence-corrected chi connectivity index (χ3v) is 2.96. The Labute approximate surface area is 109 Å². The zero-order chi connectivity index (χ0) is 12.4. The summed E-state index contributed by atoms with van der Waals surface area (Å²) in [6.07, 6.45) is 1.51. The van der Waals surface area contributed by atoms with Crippen LogP contribution in [0.3, 0.4) is 0 Å². The molecule has 0 aliphatic heterocycles. The first-order valence-electron chi connectivity index (χ1n) is 5.56. The second kappa shape index (κ2) is 4.63. The van der Waals surface area contributed by atoms with Crippen LogP contribution in [-0.4, -0.2) is 9.97 Å². The number of nitrogens with one attached hydrogen (secondary N) is 1. The van der Waals surface area contributed by atoms with E-state index in [4.69, 9.17) is 11.6 Å². The molecule has 0 fully saturated rings. The molecule has 0 radical (unpaired) electrons. The lowest BCUT2D eigenvalue weighted by Crippen LogP contribution is -1.95. The van der Waals surface area contributed by atoms with Gasteiger partial charge in [-0.05, 0) is 24.3 Å². The molecule has 3 nitrogen and oxygen atoms in total. The van der Waals surface area contributed by atoms with Crippen molar-refractivity contribution < 1.29 is 0 Å². The molecule has 1 N–H and O–H groups in total. The summed E-state index contributed by atoms with van der Waals surface area (Å²) in [6, 6.07) is 15.5. The van der Waals surface area contributed by atoms with Crippen molar-refractivity contribution in [1.82, 2.24) is 9.97 Å². The van der Waals surface area contributed by atoms with Gasteiger partial charge in [-0.3, -0.25) is 0 Å². The number of nitrogens with zero attached hydrogens (tertiary/aromatic N) is 2. The lowest BCUT2D eigenvalue weighted by atomic mass is 10.2. The van der Waals surface area contributed by atoms with E-state index in [2.05, 4.69) is 15.3 Å². The maximum atomic E-state index is 6.11. The zero-order valence-corrected chi connectivity index (χ0v) is 10.2. The van der Waals surface area contributed by atoms with E-state index in [9.17, 15) is 0 Å². The van der Waals surface area contributed by atoms with Gasteiger partial charge in [0.2, 0.25) is 0 Å². The monoisotopic (exact) mass is 255 g/mol. The molecule has 0 saturated carbocycles. The van der Waals surface area contributed by atoms with E-state index >= 15 is 0 Å². The smallest absolute Gasteiger partial charge is 0.141 e. The van der Waals surface area contributed by atoms with Crippen molar-refractivity contribution in [2.45, 2.75) is 0 Å². The maximum Gasteiger partial charge on any atom is 0.141 e. The molecular weight excluding hydrogens is 246 g/mol. The maximum absolute atomic E-state index is 6.11. The highest BCUT2D eigenvalue weighted by Gasteiger charge is 2.06. The number of aromatic nitrogens is 2. The van der Waals surface area contributed by atoms with Crippen LogP contribution < -0.4 is 5.32 Å². The summed E-state index contributed by atoms with van der Waals surface area (Å²) in [5.74, 6) is 0.758. The minimum absolute atomic E-state index is 0.631. The van der Waals surface area contributed by atoms with E-state index in [1.54, 1.807) is 0 Å².